The molecule has 0 saturated carbocycles. The third-order valence-electron chi connectivity index (χ3n) is 5.17. The number of imide groups is 1. The number of nitrogens with zero attached hydrogens (tertiary/aromatic N) is 2. The van der Waals surface area contributed by atoms with E-state index in [2.05, 4.69) is 0 Å². The molecule has 5 nitrogen and oxygen atoms in total. The molecule has 6 heteroatoms. The van der Waals surface area contributed by atoms with Crippen molar-refractivity contribution < 1.29 is 14.4 Å². The maximum atomic E-state index is 13.4. The summed E-state index contributed by atoms with van der Waals surface area (Å²) in [6, 6.07) is 13.8. The third-order valence-corrected chi connectivity index (χ3v) is 5.81. The van der Waals surface area contributed by atoms with Gasteiger partial charge in [-0.2, -0.15) is 11.8 Å². The van der Waals surface area contributed by atoms with Gasteiger partial charge in [-0.15, -0.1) is 0 Å². The van der Waals surface area contributed by atoms with Crippen LogP contribution in [0.1, 0.15) is 32.7 Å². The Morgan fingerprint density at radius 3 is 2.33 bits per heavy atom. The molecule has 0 bridgehead atoms. The summed E-state index contributed by atoms with van der Waals surface area (Å²) in [5.41, 5.74) is 2.77. The van der Waals surface area contributed by atoms with Gasteiger partial charge in [0.2, 0.25) is 5.91 Å². The topological polar surface area (TPSA) is 57.7 Å². The molecule has 0 spiro atoms. The lowest BCUT2D eigenvalue weighted by atomic mass is 10.1. The summed E-state index contributed by atoms with van der Waals surface area (Å²) in [6.07, 6.45) is 3.19. The highest BCUT2D eigenvalue weighted by Gasteiger charge is 2.44. The fourth-order valence-corrected chi connectivity index (χ4v) is 4.29. The van der Waals surface area contributed by atoms with Gasteiger partial charge in [0, 0.05) is 12.2 Å². The van der Waals surface area contributed by atoms with Crippen molar-refractivity contribution >= 4 is 35.2 Å². The SMILES string of the molecule is CSCC[C@@H](C(=O)N1CCc2ccccc21)N1C(=O)c2ccccc2C1=O. The molecule has 2 aliphatic heterocycles. The average Bonchev–Trinajstić information content (AvgIpc) is 3.23. The second-order valence-electron chi connectivity index (χ2n) is 6.69. The number of thioether (sulfide) groups is 1. The molecule has 2 aliphatic rings. The molecule has 3 amide bonds. The van der Waals surface area contributed by atoms with Crippen molar-refractivity contribution in [2.45, 2.75) is 18.9 Å². The van der Waals surface area contributed by atoms with Crippen LogP contribution in [0, 0.1) is 0 Å². The van der Waals surface area contributed by atoms with Crippen LogP contribution in [-0.2, 0) is 11.2 Å². The van der Waals surface area contributed by atoms with Gasteiger partial charge in [0.25, 0.3) is 11.8 Å². The lowest BCUT2D eigenvalue weighted by Crippen LogP contribution is -2.51. The van der Waals surface area contributed by atoms with Crippen molar-refractivity contribution in [2.75, 3.05) is 23.5 Å². The molecule has 138 valence electrons. The molecule has 0 aromatic heterocycles. The Morgan fingerprint density at radius 1 is 1.04 bits per heavy atom. The van der Waals surface area contributed by atoms with E-state index in [1.165, 1.54) is 4.90 Å². The molecule has 0 fully saturated rings. The van der Waals surface area contributed by atoms with Gasteiger partial charge in [0.15, 0.2) is 0 Å². The Labute approximate surface area is 162 Å². The Morgan fingerprint density at radius 2 is 1.67 bits per heavy atom. The fourth-order valence-electron chi connectivity index (χ4n) is 3.83. The third kappa shape index (κ3) is 2.94. The van der Waals surface area contributed by atoms with Gasteiger partial charge in [-0.3, -0.25) is 19.3 Å². The van der Waals surface area contributed by atoms with E-state index in [1.807, 2.05) is 30.5 Å². The van der Waals surface area contributed by atoms with E-state index in [-0.39, 0.29) is 17.7 Å². The summed E-state index contributed by atoms with van der Waals surface area (Å²) in [7, 11) is 0. The van der Waals surface area contributed by atoms with Gasteiger partial charge in [0.1, 0.15) is 6.04 Å². The number of carbonyl (C=O) groups is 3. The zero-order valence-corrected chi connectivity index (χ0v) is 15.9. The highest BCUT2D eigenvalue weighted by molar-refractivity contribution is 7.98. The van der Waals surface area contributed by atoms with Crippen molar-refractivity contribution in [3.05, 3.63) is 65.2 Å². The number of anilines is 1. The quantitative estimate of drug-likeness (QED) is 0.749. The number of carbonyl (C=O) groups excluding carboxylic acids is 3. The van der Waals surface area contributed by atoms with Crippen LogP contribution >= 0.6 is 11.8 Å². The zero-order valence-electron chi connectivity index (χ0n) is 15.1. The van der Waals surface area contributed by atoms with Crippen molar-refractivity contribution in [1.82, 2.24) is 4.90 Å². The summed E-state index contributed by atoms with van der Waals surface area (Å²) in [6.45, 7) is 0.580. The van der Waals surface area contributed by atoms with Crippen LogP contribution in [0.15, 0.2) is 48.5 Å². The first-order valence-corrected chi connectivity index (χ1v) is 10.4. The van der Waals surface area contributed by atoms with Gasteiger partial charge >= 0.3 is 0 Å². The van der Waals surface area contributed by atoms with Gasteiger partial charge < -0.3 is 4.90 Å². The van der Waals surface area contributed by atoms with Gasteiger partial charge in [-0.1, -0.05) is 30.3 Å². The molecular formula is C21H20N2O3S. The molecule has 0 unspecified atom stereocenters. The van der Waals surface area contributed by atoms with E-state index in [4.69, 9.17) is 0 Å². The Balaban J connectivity index is 1.68. The molecule has 0 radical (unpaired) electrons. The van der Waals surface area contributed by atoms with Gasteiger partial charge in [-0.05, 0) is 48.6 Å². The first-order valence-electron chi connectivity index (χ1n) is 8.98. The Hall–Kier alpha value is -2.60. The van der Waals surface area contributed by atoms with E-state index in [0.717, 1.165) is 17.7 Å². The predicted octanol–water partition coefficient (Wildman–Crippen LogP) is 2.99. The molecule has 1 atom stereocenters. The summed E-state index contributed by atoms with van der Waals surface area (Å²) in [5, 5.41) is 0. The molecule has 27 heavy (non-hydrogen) atoms. The summed E-state index contributed by atoms with van der Waals surface area (Å²) in [5.74, 6) is -0.229. The molecular weight excluding hydrogens is 360 g/mol. The van der Waals surface area contributed by atoms with Gasteiger partial charge in [0.05, 0.1) is 11.1 Å². The van der Waals surface area contributed by atoms with Crippen molar-refractivity contribution in [3.63, 3.8) is 0 Å². The van der Waals surface area contributed by atoms with E-state index in [9.17, 15) is 14.4 Å². The first-order chi connectivity index (χ1) is 13.1. The Kier molecular flexibility index (Phi) is 4.74. The van der Waals surface area contributed by atoms with E-state index in [0.29, 0.717) is 29.8 Å². The minimum absolute atomic E-state index is 0.177. The van der Waals surface area contributed by atoms with E-state index in [1.54, 1.807) is 40.9 Å². The lowest BCUT2D eigenvalue weighted by molar-refractivity contribution is -0.122. The highest BCUT2D eigenvalue weighted by Crippen LogP contribution is 2.31. The van der Waals surface area contributed by atoms with Crippen molar-refractivity contribution in [2.24, 2.45) is 0 Å². The highest BCUT2D eigenvalue weighted by atomic mass is 32.2. The normalized spacial score (nSPS) is 16.5. The summed E-state index contributed by atoms with van der Waals surface area (Å²) >= 11 is 1.60. The van der Waals surface area contributed by atoms with Crippen molar-refractivity contribution in [3.8, 4) is 0 Å². The largest absolute Gasteiger partial charge is 0.310 e. The van der Waals surface area contributed by atoms with Gasteiger partial charge in [-0.25, -0.2) is 0 Å². The second kappa shape index (κ2) is 7.19. The second-order valence-corrected chi connectivity index (χ2v) is 7.68. The molecule has 0 aliphatic carbocycles. The summed E-state index contributed by atoms with van der Waals surface area (Å²) in [4.78, 5) is 42.1. The maximum absolute atomic E-state index is 13.4. The standard InChI is InChI=1S/C21H20N2O3S/c1-27-13-11-18(21(26)22-12-10-14-6-2-5-9-17(14)22)23-19(24)15-7-3-4-8-16(15)20(23)25/h2-9,18H,10-13H2,1H3/t18-/m0/s1. The summed E-state index contributed by atoms with van der Waals surface area (Å²) < 4.78 is 0. The number of benzene rings is 2. The minimum atomic E-state index is -0.781. The van der Waals surface area contributed by atoms with Crippen LogP contribution < -0.4 is 4.90 Å². The fraction of sp³-hybridized carbons (Fsp3) is 0.286. The number of para-hydroxylation sites is 1. The van der Waals surface area contributed by atoms with E-state index >= 15 is 0 Å². The zero-order chi connectivity index (χ0) is 19.0. The van der Waals surface area contributed by atoms with Crippen LogP contribution in [0.5, 0.6) is 0 Å². The van der Waals surface area contributed by atoms with Crippen LogP contribution in [-0.4, -0.2) is 47.2 Å². The number of rotatable bonds is 5. The lowest BCUT2D eigenvalue weighted by Gasteiger charge is -2.29. The average molecular weight is 380 g/mol. The van der Waals surface area contributed by atoms with Crippen molar-refractivity contribution in [1.29, 1.82) is 0 Å². The smallest absolute Gasteiger partial charge is 0.262 e. The van der Waals surface area contributed by atoms with Crippen LogP contribution in [0.25, 0.3) is 0 Å². The Bertz CT molecular complexity index is 892. The molecule has 2 heterocycles. The maximum Gasteiger partial charge on any atom is 0.262 e. The first kappa shape index (κ1) is 17.8. The molecule has 2 aromatic carbocycles. The number of amides is 3. The van der Waals surface area contributed by atoms with Crippen LogP contribution in [0.3, 0.4) is 0 Å². The van der Waals surface area contributed by atoms with Crippen LogP contribution in [0.4, 0.5) is 5.69 Å². The molecule has 2 aromatic rings. The monoisotopic (exact) mass is 380 g/mol. The molecule has 0 N–H and O–H groups in total. The number of hydrogen-bond donors (Lipinski definition) is 0. The number of hydrogen-bond acceptors (Lipinski definition) is 4. The molecule has 4 rings (SSSR count). The predicted molar refractivity (Wildman–Crippen MR) is 106 cm³/mol. The number of fused-ring (bicyclic) bond motifs is 2. The van der Waals surface area contributed by atoms with Crippen LogP contribution in [0.2, 0.25) is 0 Å². The minimum Gasteiger partial charge on any atom is -0.310 e. The van der Waals surface area contributed by atoms with E-state index < -0.39 is 6.04 Å². The molecule has 0 saturated heterocycles.